The second-order valence-electron chi connectivity index (χ2n) is 8.56. The predicted octanol–water partition coefficient (Wildman–Crippen LogP) is 4.03. The second kappa shape index (κ2) is 8.98. The monoisotopic (exact) mass is 405 g/mol. The zero-order valence-corrected chi connectivity index (χ0v) is 15.9. The summed E-state index contributed by atoms with van der Waals surface area (Å²) in [6, 6.07) is 1.57. The molecule has 0 aromatic heterocycles. The molecule has 2 saturated carbocycles. The van der Waals surface area contributed by atoms with Crippen LogP contribution in [0.15, 0.2) is 0 Å². The van der Waals surface area contributed by atoms with Crippen molar-refractivity contribution in [2.75, 3.05) is 6.61 Å². The minimum absolute atomic E-state index is 0.0118. The Labute approximate surface area is 162 Å². The lowest BCUT2D eigenvalue weighted by molar-refractivity contribution is -0.168. The Morgan fingerprint density at radius 3 is 2.11 bits per heavy atom. The van der Waals surface area contributed by atoms with E-state index in [2.05, 4.69) is 6.92 Å². The van der Waals surface area contributed by atoms with Gasteiger partial charge in [-0.25, -0.2) is 17.6 Å². The normalized spacial score (nSPS) is 47.1. The summed E-state index contributed by atoms with van der Waals surface area (Å²) >= 11 is 0. The Balaban J connectivity index is 1.55. The van der Waals surface area contributed by atoms with Crippen molar-refractivity contribution in [3.63, 3.8) is 0 Å². The first-order valence-electron chi connectivity index (χ1n) is 10.1. The van der Waals surface area contributed by atoms with Crippen LogP contribution in [0.25, 0.3) is 0 Å². The Morgan fingerprint density at radius 2 is 1.61 bits per heavy atom. The molecule has 158 valence electrons. The first-order chi connectivity index (χ1) is 13.3. The van der Waals surface area contributed by atoms with Gasteiger partial charge in [0.1, 0.15) is 42.6 Å². The SMILES string of the molecule is CC1CCC(C2CC(F)C(C(=O)OC3CC(F)C(C#N)C(F)C3)C(F)C2)OC1. The summed E-state index contributed by atoms with van der Waals surface area (Å²) in [6.07, 6.45) is -7.24. The van der Waals surface area contributed by atoms with E-state index in [1.807, 2.05) is 0 Å². The topological polar surface area (TPSA) is 59.3 Å². The molecule has 0 N–H and O–H groups in total. The van der Waals surface area contributed by atoms with Crippen molar-refractivity contribution in [3.8, 4) is 6.07 Å². The summed E-state index contributed by atoms with van der Waals surface area (Å²) in [5.74, 6) is -3.93. The molecule has 0 spiro atoms. The highest BCUT2D eigenvalue weighted by Gasteiger charge is 2.48. The van der Waals surface area contributed by atoms with Crippen LogP contribution in [-0.4, -0.2) is 49.5 Å². The van der Waals surface area contributed by atoms with E-state index in [-0.39, 0.29) is 37.7 Å². The first-order valence-corrected chi connectivity index (χ1v) is 10.1. The summed E-state index contributed by atoms with van der Waals surface area (Å²) in [5.41, 5.74) is 0. The molecule has 1 heterocycles. The van der Waals surface area contributed by atoms with Crippen LogP contribution < -0.4 is 0 Å². The molecule has 0 amide bonds. The van der Waals surface area contributed by atoms with Crippen LogP contribution in [0.2, 0.25) is 0 Å². The third-order valence-corrected chi connectivity index (χ3v) is 6.36. The Morgan fingerprint density at radius 1 is 1.00 bits per heavy atom. The average Bonchev–Trinajstić information content (AvgIpc) is 2.61. The van der Waals surface area contributed by atoms with E-state index >= 15 is 0 Å². The maximum Gasteiger partial charge on any atom is 0.315 e. The van der Waals surface area contributed by atoms with Gasteiger partial charge >= 0.3 is 5.97 Å². The molecule has 3 aliphatic rings. The molecule has 3 rings (SSSR count). The van der Waals surface area contributed by atoms with Gasteiger partial charge in [-0.3, -0.25) is 4.79 Å². The number of hydrogen-bond acceptors (Lipinski definition) is 4. The molecule has 6 atom stereocenters. The van der Waals surface area contributed by atoms with Crippen LogP contribution in [0.4, 0.5) is 17.6 Å². The van der Waals surface area contributed by atoms with Crippen molar-refractivity contribution in [2.45, 2.75) is 82.3 Å². The fourth-order valence-electron chi connectivity index (χ4n) is 4.69. The first kappa shape index (κ1) is 21.4. The van der Waals surface area contributed by atoms with Gasteiger partial charge in [0, 0.05) is 19.4 Å². The van der Waals surface area contributed by atoms with Gasteiger partial charge in [-0.1, -0.05) is 6.92 Å². The van der Waals surface area contributed by atoms with Gasteiger partial charge in [0.15, 0.2) is 0 Å². The minimum Gasteiger partial charge on any atom is -0.462 e. The predicted molar refractivity (Wildman–Crippen MR) is 92.2 cm³/mol. The molecule has 0 bridgehead atoms. The van der Waals surface area contributed by atoms with E-state index in [0.29, 0.717) is 12.5 Å². The molecule has 6 unspecified atom stereocenters. The van der Waals surface area contributed by atoms with Crippen LogP contribution in [0.3, 0.4) is 0 Å². The number of nitriles is 1. The van der Waals surface area contributed by atoms with Crippen LogP contribution in [0, 0.1) is 35.0 Å². The lowest BCUT2D eigenvalue weighted by Crippen LogP contribution is -2.47. The van der Waals surface area contributed by atoms with Crippen molar-refractivity contribution in [2.24, 2.45) is 23.7 Å². The average molecular weight is 405 g/mol. The molecule has 1 aliphatic heterocycles. The summed E-state index contributed by atoms with van der Waals surface area (Å²) in [6.45, 7) is 2.63. The largest absolute Gasteiger partial charge is 0.462 e. The number of esters is 1. The van der Waals surface area contributed by atoms with Crippen molar-refractivity contribution < 1.29 is 31.8 Å². The van der Waals surface area contributed by atoms with E-state index in [4.69, 9.17) is 14.7 Å². The Kier molecular flexibility index (Phi) is 6.85. The summed E-state index contributed by atoms with van der Waals surface area (Å²) < 4.78 is 67.9. The number of alkyl halides is 4. The van der Waals surface area contributed by atoms with Gasteiger partial charge in [-0.2, -0.15) is 5.26 Å². The number of halogens is 4. The molecule has 28 heavy (non-hydrogen) atoms. The Bertz CT molecular complexity index is 568. The summed E-state index contributed by atoms with van der Waals surface area (Å²) in [7, 11) is 0. The zero-order valence-electron chi connectivity index (χ0n) is 15.9. The van der Waals surface area contributed by atoms with Gasteiger partial charge < -0.3 is 9.47 Å². The molecular formula is C20H27F4NO3. The van der Waals surface area contributed by atoms with E-state index < -0.39 is 48.6 Å². The molecular weight excluding hydrogens is 378 g/mol. The lowest BCUT2D eigenvalue weighted by atomic mass is 9.75. The molecule has 0 aromatic rings. The van der Waals surface area contributed by atoms with E-state index in [1.54, 1.807) is 6.07 Å². The standard InChI is InChI=1S/C20H27F4NO3/c1-10-2-3-18(27-9-10)11-4-16(23)19(17(24)5-11)20(26)28-12-6-14(21)13(8-25)15(22)7-12/h10-19H,2-7,9H2,1H3. The zero-order chi connectivity index (χ0) is 20.4. The van der Waals surface area contributed by atoms with Crippen molar-refractivity contribution in [1.29, 1.82) is 5.26 Å². The number of carbonyl (C=O) groups excluding carboxylic acids is 1. The highest BCUT2D eigenvalue weighted by atomic mass is 19.2. The number of ether oxygens (including phenoxy) is 2. The smallest absolute Gasteiger partial charge is 0.315 e. The lowest BCUT2D eigenvalue weighted by Gasteiger charge is -2.40. The molecule has 2 aliphatic carbocycles. The Hall–Kier alpha value is -1.36. The fraction of sp³-hybridized carbons (Fsp3) is 0.900. The van der Waals surface area contributed by atoms with Crippen molar-refractivity contribution in [1.82, 2.24) is 0 Å². The van der Waals surface area contributed by atoms with Gasteiger partial charge in [0.2, 0.25) is 0 Å². The fourth-order valence-corrected chi connectivity index (χ4v) is 4.69. The molecule has 1 saturated heterocycles. The maximum absolute atomic E-state index is 14.7. The number of hydrogen-bond donors (Lipinski definition) is 0. The summed E-state index contributed by atoms with van der Waals surface area (Å²) in [4.78, 5) is 12.3. The molecule has 4 nitrogen and oxygen atoms in total. The van der Waals surface area contributed by atoms with Crippen molar-refractivity contribution in [3.05, 3.63) is 0 Å². The van der Waals surface area contributed by atoms with E-state index in [1.165, 1.54) is 0 Å². The number of nitrogens with zero attached hydrogens (tertiary/aromatic N) is 1. The summed E-state index contributed by atoms with van der Waals surface area (Å²) in [5, 5.41) is 8.77. The quantitative estimate of drug-likeness (QED) is 0.526. The van der Waals surface area contributed by atoms with Gasteiger partial charge in [0.05, 0.1) is 12.2 Å². The highest BCUT2D eigenvalue weighted by Crippen LogP contribution is 2.40. The minimum atomic E-state index is -1.77. The third kappa shape index (κ3) is 4.61. The molecule has 0 radical (unpaired) electrons. The van der Waals surface area contributed by atoms with Crippen molar-refractivity contribution >= 4 is 5.97 Å². The van der Waals surface area contributed by atoms with E-state index in [9.17, 15) is 22.4 Å². The van der Waals surface area contributed by atoms with Gasteiger partial charge in [-0.15, -0.1) is 0 Å². The van der Waals surface area contributed by atoms with Crippen LogP contribution in [0.1, 0.15) is 45.4 Å². The number of rotatable bonds is 3. The molecule has 0 aromatic carbocycles. The van der Waals surface area contributed by atoms with Gasteiger partial charge in [0.25, 0.3) is 0 Å². The number of carbonyl (C=O) groups is 1. The van der Waals surface area contributed by atoms with Crippen LogP contribution in [-0.2, 0) is 14.3 Å². The second-order valence-corrected chi connectivity index (χ2v) is 8.56. The van der Waals surface area contributed by atoms with Gasteiger partial charge in [-0.05, 0) is 37.5 Å². The third-order valence-electron chi connectivity index (χ3n) is 6.36. The molecule has 3 fully saturated rings. The molecule has 8 heteroatoms. The van der Waals surface area contributed by atoms with Crippen LogP contribution >= 0.6 is 0 Å². The van der Waals surface area contributed by atoms with E-state index in [0.717, 1.165) is 12.8 Å². The highest BCUT2D eigenvalue weighted by molar-refractivity contribution is 5.74. The van der Waals surface area contributed by atoms with Crippen LogP contribution in [0.5, 0.6) is 0 Å². The maximum atomic E-state index is 14.7.